The Kier molecular flexibility index (Phi) is 3.16. The lowest BCUT2D eigenvalue weighted by Crippen LogP contribution is -2.39. The lowest BCUT2D eigenvalue weighted by atomic mass is 10.2. The Morgan fingerprint density at radius 3 is 2.52 bits per heavy atom. The fourth-order valence-corrected chi connectivity index (χ4v) is 2.45. The maximum absolute atomic E-state index is 14.1. The molecule has 0 bridgehead atoms. The third kappa shape index (κ3) is 2.26. The predicted molar refractivity (Wildman–Crippen MR) is 78.8 cm³/mol. The molecule has 0 amide bonds. The number of rotatable bonds is 3. The highest BCUT2D eigenvalue weighted by atomic mass is 19.1. The summed E-state index contributed by atoms with van der Waals surface area (Å²) in [6.07, 6.45) is 1.78. The van der Waals surface area contributed by atoms with Gasteiger partial charge in [-0.3, -0.25) is 9.36 Å². The van der Waals surface area contributed by atoms with E-state index in [1.807, 2.05) is 0 Å². The van der Waals surface area contributed by atoms with Crippen LogP contribution in [-0.4, -0.2) is 16.2 Å². The molecule has 1 aliphatic rings. The van der Waals surface area contributed by atoms with E-state index >= 15 is 0 Å². The first-order chi connectivity index (χ1) is 10.0. The van der Waals surface area contributed by atoms with Crippen molar-refractivity contribution < 1.29 is 4.39 Å². The van der Waals surface area contributed by atoms with Crippen LogP contribution in [0.25, 0.3) is 5.69 Å². The van der Waals surface area contributed by atoms with Gasteiger partial charge in [0.1, 0.15) is 11.6 Å². The number of hydrogen-bond acceptors (Lipinski definition) is 3. The SMILES string of the molecule is CNc1cc(=O)n(-c2ccc(C)cc2F)c(=O)n1C1CC1. The molecule has 0 saturated heterocycles. The zero-order valence-electron chi connectivity index (χ0n) is 11.9. The summed E-state index contributed by atoms with van der Waals surface area (Å²) >= 11 is 0. The molecule has 0 unspecified atom stereocenters. The zero-order chi connectivity index (χ0) is 15.1. The van der Waals surface area contributed by atoms with Gasteiger partial charge in [0.15, 0.2) is 0 Å². The van der Waals surface area contributed by atoms with Gasteiger partial charge < -0.3 is 5.32 Å². The molecule has 1 saturated carbocycles. The summed E-state index contributed by atoms with van der Waals surface area (Å²) in [6, 6.07) is 5.87. The molecule has 1 heterocycles. The summed E-state index contributed by atoms with van der Waals surface area (Å²) in [5, 5.41) is 2.86. The van der Waals surface area contributed by atoms with Gasteiger partial charge in [0.05, 0.1) is 5.69 Å². The maximum atomic E-state index is 14.1. The van der Waals surface area contributed by atoms with Crippen molar-refractivity contribution in [1.82, 2.24) is 9.13 Å². The lowest BCUT2D eigenvalue weighted by Gasteiger charge is -2.14. The van der Waals surface area contributed by atoms with E-state index in [-0.39, 0.29) is 11.7 Å². The van der Waals surface area contributed by atoms with Crippen molar-refractivity contribution in [2.75, 3.05) is 12.4 Å². The summed E-state index contributed by atoms with van der Waals surface area (Å²) in [7, 11) is 1.66. The van der Waals surface area contributed by atoms with Crippen LogP contribution in [-0.2, 0) is 0 Å². The van der Waals surface area contributed by atoms with Gasteiger partial charge in [-0.05, 0) is 37.5 Å². The third-order valence-electron chi connectivity index (χ3n) is 3.65. The van der Waals surface area contributed by atoms with Crippen LogP contribution in [0, 0.1) is 12.7 Å². The van der Waals surface area contributed by atoms with Crippen LogP contribution in [0.3, 0.4) is 0 Å². The first kappa shape index (κ1) is 13.6. The molecular formula is C15H16FN3O2. The van der Waals surface area contributed by atoms with Crippen molar-refractivity contribution >= 4 is 5.82 Å². The first-order valence-electron chi connectivity index (χ1n) is 6.86. The Hall–Kier alpha value is -2.37. The van der Waals surface area contributed by atoms with Gasteiger partial charge in [0.25, 0.3) is 5.56 Å². The number of benzene rings is 1. The molecule has 0 atom stereocenters. The fourth-order valence-electron chi connectivity index (χ4n) is 2.45. The zero-order valence-corrected chi connectivity index (χ0v) is 11.9. The van der Waals surface area contributed by atoms with E-state index in [0.29, 0.717) is 5.82 Å². The van der Waals surface area contributed by atoms with Crippen molar-refractivity contribution in [3.05, 3.63) is 56.5 Å². The molecule has 1 aliphatic carbocycles. The average molecular weight is 289 g/mol. The molecule has 1 fully saturated rings. The fraction of sp³-hybridized carbons (Fsp3) is 0.333. The number of aromatic nitrogens is 2. The highest BCUT2D eigenvalue weighted by molar-refractivity contribution is 5.40. The summed E-state index contributed by atoms with van der Waals surface area (Å²) in [4.78, 5) is 24.8. The second kappa shape index (κ2) is 4.87. The van der Waals surface area contributed by atoms with Crippen molar-refractivity contribution in [3.8, 4) is 5.69 Å². The van der Waals surface area contributed by atoms with E-state index in [9.17, 15) is 14.0 Å². The molecule has 1 aromatic carbocycles. The largest absolute Gasteiger partial charge is 0.374 e. The van der Waals surface area contributed by atoms with Crippen molar-refractivity contribution in [2.45, 2.75) is 25.8 Å². The van der Waals surface area contributed by atoms with Crippen LogP contribution >= 0.6 is 0 Å². The number of hydrogen-bond donors (Lipinski definition) is 1. The van der Waals surface area contributed by atoms with Gasteiger partial charge in [-0.15, -0.1) is 0 Å². The number of nitrogens with zero attached hydrogens (tertiary/aromatic N) is 2. The van der Waals surface area contributed by atoms with Gasteiger partial charge in [0, 0.05) is 19.2 Å². The van der Waals surface area contributed by atoms with Crippen LogP contribution in [0.5, 0.6) is 0 Å². The minimum atomic E-state index is -0.575. The first-order valence-corrected chi connectivity index (χ1v) is 6.86. The predicted octanol–water partition coefficient (Wildman–Crippen LogP) is 1.82. The number of aryl methyl sites for hydroxylation is 1. The Morgan fingerprint density at radius 1 is 1.24 bits per heavy atom. The Bertz CT molecular complexity index is 819. The van der Waals surface area contributed by atoms with E-state index in [2.05, 4.69) is 5.32 Å². The van der Waals surface area contributed by atoms with E-state index in [1.165, 1.54) is 22.8 Å². The minimum absolute atomic E-state index is 0.00680. The molecule has 1 aromatic heterocycles. The summed E-state index contributed by atoms with van der Waals surface area (Å²) in [6.45, 7) is 1.75. The van der Waals surface area contributed by atoms with Gasteiger partial charge >= 0.3 is 5.69 Å². The van der Waals surface area contributed by atoms with Crippen LogP contribution in [0.2, 0.25) is 0 Å². The van der Waals surface area contributed by atoms with Crippen LogP contribution in [0.4, 0.5) is 10.2 Å². The second-order valence-electron chi connectivity index (χ2n) is 5.29. The molecule has 2 aromatic rings. The smallest absolute Gasteiger partial charge is 0.337 e. The molecule has 0 aliphatic heterocycles. The third-order valence-corrected chi connectivity index (χ3v) is 3.65. The molecule has 110 valence electrons. The van der Waals surface area contributed by atoms with Gasteiger partial charge in [0.2, 0.25) is 0 Å². The van der Waals surface area contributed by atoms with E-state index in [1.54, 1.807) is 20.0 Å². The minimum Gasteiger partial charge on any atom is -0.374 e. The van der Waals surface area contributed by atoms with E-state index in [4.69, 9.17) is 0 Å². The molecule has 0 radical (unpaired) electrons. The summed E-state index contributed by atoms with van der Waals surface area (Å²) < 4.78 is 16.5. The standard InChI is InChI=1S/C15H16FN3O2/c1-9-3-6-12(11(16)7-9)19-14(20)8-13(17-2)18(15(19)21)10-4-5-10/h3,6-8,10,17H,4-5H2,1-2H3. The number of nitrogens with one attached hydrogen (secondary N) is 1. The molecule has 1 N–H and O–H groups in total. The maximum Gasteiger partial charge on any atom is 0.337 e. The van der Waals surface area contributed by atoms with E-state index in [0.717, 1.165) is 23.0 Å². The molecular weight excluding hydrogens is 273 g/mol. The Labute approximate surface area is 120 Å². The summed E-state index contributed by atoms with van der Waals surface area (Å²) in [5.41, 5.74) is -0.313. The number of halogens is 1. The Balaban J connectivity index is 2.30. The number of anilines is 1. The Morgan fingerprint density at radius 2 is 1.95 bits per heavy atom. The molecule has 0 spiro atoms. The van der Waals surface area contributed by atoms with Crippen molar-refractivity contribution in [2.24, 2.45) is 0 Å². The highest BCUT2D eigenvalue weighted by Crippen LogP contribution is 2.35. The monoisotopic (exact) mass is 289 g/mol. The molecule has 6 heteroatoms. The van der Waals surface area contributed by atoms with Crippen LogP contribution < -0.4 is 16.6 Å². The van der Waals surface area contributed by atoms with E-state index < -0.39 is 17.1 Å². The summed E-state index contributed by atoms with van der Waals surface area (Å²) in [5.74, 6) is -0.106. The van der Waals surface area contributed by atoms with Gasteiger partial charge in [-0.25, -0.2) is 13.8 Å². The van der Waals surface area contributed by atoms with Gasteiger partial charge in [-0.2, -0.15) is 0 Å². The lowest BCUT2D eigenvalue weighted by molar-refractivity contribution is 0.596. The van der Waals surface area contributed by atoms with Crippen LogP contribution in [0.15, 0.2) is 33.9 Å². The second-order valence-corrected chi connectivity index (χ2v) is 5.29. The highest BCUT2D eigenvalue weighted by Gasteiger charge is 2.28. The molecule has 21 heavy (non-hydrogen) atoms. The van der Waals surface area contributed by atoms with Gasteiger partial charge in [-0.1, -0.05) is 6.07 Å². The average Bonchev–Trinajstić information content (AvgIpc) is 3.24. The molecule has 5 nitrogen and oxygen atoms in total. The van der Waals surface area contributed by atoms with Crippen molar-refractivity contribution in [1.29, 1.82) is 0 Å². The normalized spacial score (nSPS) is 14.2. The molecule has 3 rings (SSSR count). The van der Waals surface area contributed by atoms with Crippen molar-refractivity contribution in [3.63, 3.8) is 0 Å². The van der Waals surface area contributed by atoms with Crippen LogP contribution in [0.1, 0.15) is 24.4 Å². The topological polar surface area (TPSA) is 56.0 Å². The quantitative estimate of drug-likeness (QED) is 0.937.